The molecule has 0 saturated carbocycles. The van der Waals surface area contributed by atoms with Crippen molar-refractivity contribution in [2.75, 3.05) is 18.2 Å². The van der Waals surface area contributed by atoms with Crippen LogP contribution in [0.25, 0.3) is 21.9 Å². The number of benzene rings is 2. The number of hydrogen-bond acceptors (Lipinski definition) is 5. The number of hydrogen-bond donors (Lipinski definition) is 2. The van der Waals surface area contributed by atoms with E-state index in [0.29, 0.717) is 34.2 Å². The molecule has 0 spiro atoms. The maximum Gasteiger partial charge on any atom is 0.278 e. The Hall–Kier alpha value is -3.26. The monoisotopic (exact) mass is 408 g/mol. The molecule has 0 saturated heterocycles. The minimum atomic E-state index is -0.199. The van der Waals surface area contributed by atoms with Gasteiger partial charge in [0.15, 0.2) is 5.16 Å². The molecule has 0 aliphatic heterocycles. The van der Waals surface area contributed by atoms with Gasteiger partial charge in [-0.3, -0.25) is 14.2 Å². The molecule has 2 aromatic heterocycles. The number of thioether (sulfide) groups is 1. The molecule has 0 aliphatic rings. The number of anilines is 1. The maximum absolute atomic E-state index is 12.9. The highest BCUT2D eigenvalue weighted by Crippen LogP contribution is 2.26. The lowest BCUT2D eigenvalue weighted by molar-refractivity contribution is -0.113. The van der Waals surface area contributed by atoms with Crippen LogP contribution in [0.2, 0.25) is 0 Å². The van der Waals surface area contributed by atoms with E-state index in [1.54, 1.807) is 23.8 Å². The smallest absolute Gasteiger partial charge is 0.278 e. The molecule has 2 N–H and O–H groups in total. The molecule has 29 heavy (non-hydrogen) atoms. The zero-order valence-electron chi connectivity index (χ0n) is 16.1. The number of methoxy groups -OCH3 is 1. The van der Waals surface area contributed by atoms with Gasteiger partial charge in [-0.05, 0) is 25.1 Å². The van der Waals surface area contributed by atoms with E-state index < -0.39 is 0 Å². The van der Waals surface area contributed by atoms with E-state index in [-0.39, 0.29) is 17.2 Å². The fraction of sp³-hybridized carbons (Fsp3) is 0.190. The predicted molar refractivity (Wildman–Crippen MR) is 116 cm³/mol. The van der Waals surface area contributed by atoms with Crippen LogP contribution in [0.5, 0.6) is 5.75 Å². The Balaban J connectivity index is 1.62. The highest BCUT2D eigenvalue weighted by Gasteiger charge is 2.16. The molecule has 4 aromatic rings. The number of fused-ring (bicyclic) bond motifs is 3. The van der Waals surface area contributed by atoms with Gasteiger partial charge < -0.3 is 15.0 Å². The molecule has 2 heterocycles. The number of carbonyl (C=O) groups is 1. The lowest BCUT2D eigenvalue weighted by Crippen LogP contribution is -2.23. The van der Waals surface area contributed by atoms with Crippen molar-refractivity contribution in [2.24, 2.45) is 0 Å². The van der Waals surface area contributed by atoms with Gasteiger partial charge in [-0.25, -0.2) is 4.98 Å². The van der Waals surface area contributed by atoms with Crippen molar-refractivity contribution in [2.45, 2.75) is 18.6 Å². The zero-order valence-corrected chi connectivity index (χ0v) is 16.9. The highest BCUT2D eigenvalue weighted by molar-refractivity contribution is 7.99. The first-order chi connectivity index (χ1) is 14.1. The van der Waals surface area contributed by atoms with E-state index in [0.717, 1.165) is 10.9 Å². The fourth-order valence-corrected chi connectivity index (χ4v) is 4.09. The summed E-state index contributed by atoms with van der Waals surface area (Å²) in [6, 6.07) is 14.9. The number of aromatic amines is 1. The minimum absolute atomic E-state index is 0.123. The highest BCUT2D eigenvalue weighted by atomic mass is 32.2. The number of amides is 1. The quantitative estimate of drug-likeness (QED) is 0.376. The van der Waals surface area contributed by atoms with Gasteiger partial charge in [0.25, 0.3) is 5.56 Å². The van der Waals surface area contributed by atoms with Gasteiger partial charge in [-0.1, -0.05) is 42.1 Å². The largest absolute Gasteiger partial charge is 0.495 e. The van der Waals surface area contributed by atoms with Crippen molar-refractivity contribution in [3.05, 3.63) is 58.9 Å². The average Bonchev–Trinajstić information content (AvgIpc) is 3.12. The predicted octanol–water partition coefficient (Wildman–Crippen LogP) is 3.64. The molecular weight excluding hydrogens is 388 g/mol. The third-order valence-electron chi connectivity index (χ3n) is 4.61. The Kier molecular flexibility index (Phi) is 5.26. The summed E-state index contributed by atoms with van der Waals surface area (Å²) in [7, 11) is 1.56. The molecule has 7 nitrogen and oxygen atoms in total. The van der Waals surface area contributed by atoms with Crippen molar-refractivity contribution >= 4 is 45.3 Å². The molecule has 148 valence electrons. The summed E-state index contributed by atoms with van der Waals surface area (Å²) in [6.45, 7) is 2.35. The number of nitrogens with zero attached hydrogens (tertiary/aromatic N) is 2. The van der Waals surface area contributed by atoms with Crippen LogP contribution in [-0.2, 0) is 11.3 Å². The number of H-pyrrole nitrogens is 1. The van der Waals surface area contributed by atoms with Gasteiger partial charge in [-0.2, -0.15) is 0 Å². The zero-order chi connectivity index (χ0) is 20.4. The molecule has 8 heteroatoms. The topological polar surface area (TPSA) is 89.0 Å². The second-order valence-electron chi connectivity index (χ2n) is 6.38. The normalized spacial score (nSPS) is 11.1. The van der Waals surface area contributed by atoms with Crippen LogP contribution in [0, 0.1) is 0 Å². The van der Waals surface area contributed by atoms with E-state index in [1.807, 2.05) is 43.3 Å². The van der Waals surface area contributed by atoms with Crippen LogP contribution in [0.4, 0.5) is 5.69 Å². The number of carbonyl (C=O) groups excluding carboxylic acids is 1. The van der Waals surface area contributed by atoms with Crippen LogP contribution in [0.15, 0.2) is 58.5 Å². The lowest BCUT2D eigenvalue weighted by Gasteiger charge is -2.11. The molecule has 0 radical (unpaired) electrons. The summed E-state index contributed by atoms with van der Waals surface area (Å²) >= 11 is 1.24. The van der Waals surface area contributed by atoms with Crippen LogP contribution in [-0.4, -0.2) is 33.3 Å². The first kappa shape index (κ1) is 19.1. The third-order valence-corrected chi connectivity index (χ3v) is 5.58. The van der Waals surface area contributed by atoms with Gasteiger partial charge in [0.05, 0.1) is 18.6 Å². The number of para-hydroxylation sites is 3. The number of rotatable bonds is 6. The average molecular weight is 408 g/mol. The summed E-state index contributed by atoms with van der Waals surface area (Å²) in [4.78, 5) is 33.2. The number of aromatic nitrogens is 3. The maximum atomic E-state index is 12.9. The Morgan fingerprint density at radius 1 is 1.21 bits per heavy atom. The van der Waals surface area contributed by atoms with Gasteiger partial charge in [0.2, 0.25) is 5.91 Å². The first-order valence-corrected chi connectivity index (χ1v) is 10.2. The summed E-state index contributed by atoms with van der Waals surface area (Å²) in [5.41, 5.74) is 2.44. The van der Waals surface area contributed by atoms with Gasteiger partial charge in [0, 0.05) is 17.4 Å². The van der Waals surface area contributed by atoms with E-state index in [9.17, 15) is 9.59 Å². The Labute approximate surface area is 171 Å². The summed E-state index contributed by atoms with van der Waals surface area (Å²) in [6.07, 6.45) is 0. The van der Waals surface area contributed by atoms with Gasteiger partial charge in [0.1, 0.15) is 16.8 Å². The van der Waals surface area contributed by atoms with E-state index >= 15 is 0 Å². The second-order valence-corrected chi connectivity index (χ2v) is 7.32. The molecule has 0 unspecified atom stereocenters. The van der Waals surface area contributed by atoms with Gasteiger partial charge in [-0.15, -0.1) is 0 Å². The van der Waals surface area contributed by atoms with E-state index in [4.69, 9.17) is 9.72 Å². The molecule has 1 amide bonds. The summed E-state index contributed by atoms with van der Waals surface area (Å²) < 4.78 is 6.84. The summed E-state index contributed by atoms with van der Waals surface area (Å²) in [5, 5.41) is 4.25. The second kappa shape index (κ2) is 8.00. The molecule has 0 aliphatic carbocycles. The lowest BCUT2D eigenvalue weighted by atomic mass is 10.2. The molecule has 2 aromatic carbocycles. The van der Waals surface area contributed by atoms with Crippen LogP contribution in [0.1, 0.15) is 6.92 Å². The molecule has 4 rings (SSSR count). The molecular formula is C21H20N4O3S. The van der Waals surface area contributed by atoms with Crippen LogP contribution >= 0.6 is 11.8 Å². The van der Waals surface area contributed by atoms with Crippen molar-refractivity contribution in [1.29, 1.82) is 0 Å². The van der Waals surface area contributed by atoms with Crippen molar-refractivity contribution in [3.8, 4) is 5.75 Å². The number of ether oxygens (including phenoxy) is 1. The fourth-order valence-electron chi connectivity index (χ4n) is 3.23. The first-order valence-electron chi connectivity index (χ1n) is 9.19. The standard InChI is InChI=1S/C21H20N4O3S/c1-3-25-20(27)19-18(13-8-4-5-9-14(13)23-19)24-21(25)29-12-17(26)22-15-10-6-7-11-16(15)28-2/h4-11,23H,3,12H2,1-2H3,(H,22,26). The van der Waals surface area contributed by atoms with E-state index in [2.05, 4.69) is 10.3 Å². The van der Waals surface area contributed by atoms with Crippen molar-refractivity contribution in [3.63, 3.8) is 0 Å². The van der Waals surface area contributed by atoms with Gasteiger partial charge >= 0.3 is 0 Å². The molecule has 0 bridgehead atoms. The van der Waals surface area contributed by atoms with Crippen LogP contribution < -0.4 is 15.6 Å². The number of nitrogens with one attached hydrogen (secondary N) is 2. The molecule has 0 fully saturated rings. The van der Waals surface area contributed by atoms with Crippen molar-refractivity contribution in [1.82, 2.24) is 14.5 Å². The molecule has 0 atom stereocenters. The Bertz CT molecular complexity index is 1260. The van der Waals surface area contributed by atoms with Crippen molar-refractivity contribution < 1.29 is 9.53 Å². The Morgan fingerprint density at radius 2 is 1.97 bits per heavy atom. The Morgan fingerprint density at radius 3 is 2.76 bits per heavy atom. The minimum Gasteiger partial charge on any atom is -0.495 e. The third kappa shape index (κ3) is 3.58. The van der Waals surface area contributed by atoms with E-state index in [1.165, 1.54) is 11.8 Å². The SMILES string of the molecule is CCn1c(SCC(=O)Nc2ccccc2OC)nc2c([nH]c3ccccc32)c1=O. The summed E-state index contributed by atoms with van der Waals surface area (Å²) in [5.74, 6) is 0.517. The van der Waals surface area contributed by atoms with Crippen LogP contribution in [0.3, 0.4) is 0 Å².